The molecule has 0 bridgehead atoms. The topological polar surface area (TPSA) is 53.6 Å². The molecule has 0 saturated heterocycles. The minimum atomic E-state index is 0.708. The van der Waals surface area contributed by atoms with Gasteiger partial charge in [-0.25, -0.2) is 0 Å². The molecule has 1 aliphatic heterocycles. The van der Waals surface area contributed by atoms with Gasteiger partial charge in [0, 0.05) is 26.6 Å². The molecule has 5 heteroatoms. The van der Waals surface area contributed by atoms with Gasteiger partial charge in [0.2, 0.25) is 0 Å². The second kappa shape index (κ2) is 4.76. The number of nitrogens with zero attached hydrogens (tertiary/aromatic N) is 4. The Morgan fingerprint density at radius 2 is 2.11 bits per heavy atom. The van der Waals surface area contributed by atoms with E-state index in [2.05, 4.69) is 27.3 Å². The van der Waals surface area contributed by atoms with Crippen molar-refractivity contribution >= 4 is 11.4 Å². The Balaban J connectivity index is 1.93. The average molecular weight is 256 g/mol. The molecule has 0 radical (unpaired) electrons. The molecule has 5 nitrogen and oxygen atoms in total. The van der Waals surface area contributed by atoms with Crippen molar-refractivity contribution in [3.63, 3.8) is 0 Å². The minimum Gasteiger partial charge on any atom is -0.411 e. The quantitative estimate of drug-likeness (QED) is 0.660. The fraction of sp³-hybridized carbons (Fsp3) is 0.286. The van der Waals surface area contributed by atoms with Crippen molar-refractivity contribution < 1.29 is 5.21 Å². The van der Waals surface area contributed by atoms with E-state index in [9.17, 15) is 0 Å². The number of aryl methyl sites for hydroxylation is 1. The van der Waals surface area contributed by atoms with Crippen LogP contribution in [0.2, 0.25) is 0 Å². The minimum absolute atomic E-state index is 0.708. The van der Waals surface area contributed by atoms with E-state index in [0.717, 1.165) is 30.9 Å². The zero-order valence-corrected chi connectivity index (χ0v) is 10.8. The summed E-state index contributed by atoms with van der Waals surface area (Å²) in [6.07, 6.45) is 2.57. The van der Waals surface area contributed by atoms with Crippen LogP contribution in [0, 0.1) is 0 Å². The molecule has 98 valence electrons. The highest BCUT2D eigenvalue weighted by molar-refractivity contribution is 6.05. The Morgan fingerprint density at radius 3 is 2.84 bits per heavy atom. The highest BCUT2D eigenvalue weighted by atomic mass is 16.4. The van der Waals surface area contributed by atoms with Crippen molar-refractivity contribution in [1.82, 2.24) is 9.78 Å². The van der Waals surface area contributed by atoms with Crippen LogP contribution in [0.5, 0.6) is 0 Å². The molecule has 2 heterocycles. The molecule has 0 aliphatic carbocycles. The van der Waals surface area contributed by atoms with E-state index in [1.54, 1.807) is 4.68 Å². The number of rotatable bonds is 2. The first-order chi connectivity index (χ1) is 9.29. The molecule has 2 aromatic rings. The van der Waals surface area contributed by atoms with E-state index in [-0.39, 0.29) is 0 Å². The number of benzene rings is 1. The van der Waals surface area contributed by atoms with Gasteiger partial charge < -0.3 is 10.1 Å². The van der Waals surface area contributed by atoms with Crippen molar-refractivity contribution in [3.8, 4) is 0 Å². The summed E-state index contributed by atoms with van der Waals surface area (Å²) in [6, 6.07) is 10.3. The predicted octanol–water partition coefficient (Wildman–Crippen LogP) is 2.01. The van der Waals surface area contributed by atoms with Gasteiger partial charge in [-0.2, -0.15) is 5.10 Å². The normalized spacial score (nSPS) is 16.7. The molecule has 0 spiro atoms. The zero-order chi connectivity index (χ0) is 13.2. The fourth-order valence-electron chi connectivity index (χ4n) is 2.54. The van der Waals surface area contributed by atoms with E-state index >= 15 is 0 Å². The van der Waals surface area contributed by atoms with Gasteiger partial charge in [0.05, 0.1) is 11.9 Å². The lowest BCUT2D eigenvalue weighted by Crippen LogP contribution is -2.32. The second-order valence-electron chi connectivity index (χ2n) is 4.71. The third-order valence-electron chi connectivity index (χ3n) is 3.49. The molecular weight excluding hydrogens is 240 g/mol. The number of hydrogen-bond donors (Lipinski definition) is 1. The third kappa shape index (κ3) is 2.07. The summed E-state index contributed by atoms with van der Waals surface area (Å²) in [7, 11) is 1.87. The van der Waals surface area contributed by atoms with Crippen LogP contribution in [0.15, 0.2) is 41.7 Å². The van der Waals surface area contributed by atoms with Gasteiger partial charge in [-0.3, -0.25) is 4.68 Å². The number of anilines is 1. The Hall–Kier alpha value is -2.30. The van der Waals surface area contributed by atoms with E-state index in [4.69, 9.17) is 5.21 Å². The summed E-state index contributed by atoms with van der Waals surface area (Å²) in [5.41, 5.74) is 3.91. The molecule has 1 aromatic carbocycles. The molecule has 0 saturated carbocycles. The lowest BCUT2D eigenvalue weighted by Gasteiger charge is -2.29. The van der Waals surface area contributed by atoms with Crippen molar-refractivity contribution in [2.75, 3.05) is 11.4 Å². The largest absolute Gasteiger partial charge is 0.411 e. The van der Waals surface area contributed by atoms with Gasteiger partial charge in [-0.05, 0) is 5.56 Å². The first-order valence-electron chi connectivity index (χ1n) is 6.32. The van der Waals surface area contributed by atoms with Crippen molar-refractivity contribution in [1.29, 1.82) is 0 Å². The smallest absolute Gasteiger partial charge is 0.109 e. The summed E-state index contributed by atoms with van der Waals surface area (Å²) in [5.74, 6) is 0. The number of fused-ring (bicyclic) bond motifs is 1. The molecular formula is C14H16N4O. The van der Waals surface area contributed by atoms with Gasteiger partial charge in [-0.15, -0.1) is 0 Å². The van der Waals surface area contributed by atoms with Gasteiger partial charge in [0.15, 0.2) is 0 Å². The van der Waals surface area contributed by atoms with Crippen LogP contribution in [0.4, 0.5) is 5.69 Å². The first-order valence-corrected chi connectivity index (χ1v) is 6.32. The Bertz CT molecular complexity index is 603. The van der Waals surface area contributed by atoms with Crippen LogP contribution in [0.25, 0.3) is 0 Å². The molecule has 1 N–H and O–H groups in total. The fourth-order valence-corrected chi connectivity index (χ4v) is 2.54. The number of oxime groups is 1. The van der Waals surface area contributed by atoms with Crippen LogP contribution in [0.1, 0.15) is 17.7 Å². The lowest BCUT2D eigenvalue weighted by atomic mass is 10.1. The maximum atomic E-state index is 9.08. The van der Waals surface area contributed by atoms with Crippen LogP contribution in [-0.4, -0.2) is 27.2 Å². The standard InChI is InChI=1S/C14H16N4O/c1-17-14-12(16-19)7-8-18(13(14)9-15-17)10-11-5-3-2-4-6-11/h2-6,9,19H,7-8,10H2,1H3/b16-12+. The van der Waals surface area contributed by atoms with Crippen LogP contribution < -0.4 is 4.90 Å². The average Bonchev–Trinajstić information content (AvgIpc) is 2.84. The molecule has 0 atom stereocenters. The van der Waals surface area contributed by atoms with Crippen molar-refractivity contribution in [2.45, 2.75) is 13.0 Å². The van der Waals surface area contributed by atoms with E-state index in [1.165, 1.54) is 5.56 Å². The highest BCUT2D eigenvalue weighted by Crippen LogP contribution is 2.28. The molecule has 0 unspecified atom stereocenters. The Labute approximate surface area is 111 Å². The van der Waals surface area contributed by atoms with Gasteiger partial charge in [0.1, 0.15) is 11.4 Å². The molecule has 3 rings (SSSR count). The molecule has 19 heavy (non-hydrogen) atoms. The summed E-state index contributed by atoms with van der Waals surface area (Å²) in [4.78, 5) is 2.27. The van der Waals surface area contributed by atoms with E-state index < -0.39 is 0 Å². The molecule has 1 aliphatic rings. The van der Waals surface area contributed by atoms with Crippen LogP contribution in [-0.2, 0) is 13.6 Å². The summed E-state index contributed by atoms with van der Waals surface area (Å²) < 4.78 is 1.77. The number of aromatic nitrogens is 2. The Kier molecular flexibility index (Phi) is 2.95. The SMILES string of the molecule is Cn1ncc2c1/C(=N/O)CCN2Cc1ccccc1. The van der Waals surface area contributed by atoms with Gasteiger partial charge in [-0.1, -0.05) is 35.5 Å². The van der Waals surface area contributed by atoms with Crippen LogP contribution in [0.3, 0.4) is 0 Å². The monoisotopic (exact) mass is 256 g/mol. The van der Waals surface area contributed by atoms with Crippen molar-refractivity contribution in [2.24, 2.45) is 12.2 Å². The van der Waals surface area contributed by atoms with E-state index in [1.807, 2.05) is 31.4 Å². The summed E-state index contributed by atoms with van der Waals surface area (Å²) in [6.45, 7) is 1.69. The summed E-state index contributed by atoms with van der Waals surface area (Å²) in [5, 5.41) is 16.7. The maximum absolute atomic E-state index is 9.08. The van der Waals surface area contributed by atoms with Crippen LogP contribution >= 0.6 is 0 Å². The first kappa shape index (κ1) is 11.8. The number of hydrogen-bond acceptors (Lipinski definition) is 4. The highest BCUT2D eigenvalue weighted by Gasteiger charge is 2.25. The third-order valence-corrected chi connectivity index (χ3v) is 3.49. The summed E-state index contributed by atoms with van der Waals surface area (Å²) >= 11 is 0. The molecule has 0 fully saturated rings. The predicted molar refractivity (Wildman–Crippen MR) is 73.6 cm³/mol. The second-order valence-corrected chi connectivity index (χ2v) is 4.71. The van der Waals surface area contributed by atoms with Gasteiger partial charge in [0.25, 0.3) is 0 Å². The van der Waals surface area contributed by atoms with Gasteiger partial charge >= 0.3 is 0 Å². The van der Waals surface area contributed by atoms with Crippen molar-refractivity contribution in [3.05, 3.63) is 47.8 Å². The zero-order valence-electron chi connectivity index (χ0n) is 10.8. The molecule has 0 amide bonds. The maximum Gasteiger partial charge on any atom is 0.109 e. The van der Waals surface area contributed by atoms with E-state index in [0.29, 0.717) is 5.71 Å². The Morgan fingerprint density at radius 1 is 1.32 bits per heavy atom. The molecule has 1 aromatic heterocycles. The lowest BCUT2D eigenvalue weighted by molar-refractivity contribution is 0.317.